The average molecular weight is 512 g/mol. The predicted molar refractivity (Wildman–Crippen MR) is 114 cm³/mol. The second kappa shape index (κ2) is 11.3. The largest absolute Gasteiger partial charge is 0.510 e. The minimum Gasteiger partial charge on any atom is -0.462 e. The second-order valence-electron chi connectivity index (χ2n) is 6.67. The van der Waals surface area contributed by atoms with Crippen LogP contribution in [-0.2, 0) is 38.2 Å². The molecule has 188 valence electrons. The molecule has 1 fully saturated rings. The van der Waals surface area contributed by atoms with Gasteiger partial charge >= 0.3 is 18.2 Å². The molecule has 35 heavy (non-hydrogen) atoms. The monoisotopic (exact) mass is 512 g/mol. The van der Waals surface area contributed by atoms with Gasteiger partial charge in [-0.15, -0.1) is 11.8 Å². The van der Waals surface area contributed by atoms with E-state index < -0.39 is 48.2 Å². The van der Waals surface area contributed by atoms with E-state index in [1.807, 2.05) is 0 Å². The van der Waals surface area contributed by atoms with Gasteiger partial charge in [-0.2, -0.15) is 0 Å². The molecule has 0 saturated carbocycles. The van der Waals surface area contributed by atoms with E-state index in [-0.39, 0.29) is 35.1 Å². The molecule has 3 N–H and O–H groups in total. The summed E-state index contributed by atoms with van der Waals surface area (Å²) < 4.78 is 23.6. The molecular weight excluding hydrogens is 492 g/mol. The van der Waals surface area contributed by atoms with Gasteiger partial charge in [-0.25, -0.2) is 14.4 Å². The first kappa shape index (κ1) is 25.4. The van der Waals surface area contributed by atoms with Gasteiger partial charge in [0.1, 0.15) is 30.8 Å². The zero-order valence-electron chi connectivity index (χ0n) is 18.4. The number of carbonyl (C=O) groups excluding carboxylic acids is 5. The van der Waals surface area contributed by atoms with Crippen molar-refractivity contribution in [3.63, 3.8) is 0 Å². The number of nitrogens with zero attached hydrogens (tertiary/aromatic N) is 2. The van der Waals surface area contributed by atoms with E-state index in [0.29, 0.717) is 0 Å². The normalized spacial score (nSPS) is 19.2. The zero-order valence-corrected chi connectivity index (χ0v) is 19.2. The summed E-state index contributed by atoms with van der Waals surface area (Å²) in [5, 5.41) is 5.48. The smallest absolute Gasteiger partial charge is 0.462 e. The molecule has 0 radical (unpaired) electrons. The van der Waals surface area contributed by atoms with Gasteiger partial charge in [-0.3, -0.25) is 14.5 Å². The van der Waals surface area contributed by atoms with E-state index in [9.17, 15) is 24.0 Å². The molecule has 2 aliphatic heterocycles. The molecule has 0 unspecified atom stereocenters. The van der Waals surface area contributed by atoms with Crippen LogP contribution in [0.25, 0.3) is 0 Å². The topological polar surface area (TPSA) is 198 Å². The molecule has 0 spiro atoms. The van der Waals surface area contributed by atoms with Crippen molar-refractivity contribution in [2.75, 3.05) is 33.4 Å². The van der Waals surface area contributed by atoms with Crippen LogP contribution in [0, 0.1) is 0 Å². The van der Waals surface area contributed by atoms with Gasteiger partial charge in [0, 0.05) is 11.3 Å². The fourth-order valence-electron chi connectivity index (χ4n) is 3.11. The molecule has 3 heterocycles. The second-order valence-corrected chi connectivity index (χ2v) is 7.77. The highest BCUT2D eigenvalue weighted by Gasteiger charge is 2.55. The van der Waals surface area contributed by atoms with E-state index in [2.05, 4.69) is 24.8 Å². The number of esters is 1. The number of rotatable bonds is 9. The molecule has 0 bridgehead atoms. The lowest BCUT2D eigenvalue weighted by Crippen LogP contribution is -2.71. The first-order valence-electron chi connectivity index (χ1n) is 9.71. The Morgan fingerprint density at radius 1 is 1.26 bits per heavy atom. The molecule has 3 rings (SSSR count). The van der Waals surface area contributed by atoms with E-state index in [4.69, 9.17) is 19.6 Å². The maximum atomic E-state index is 12.9. The van der Waals surface area contributed by atoms with Crippen molar-refractivity contribution in [2.45, 2.75) is 11.4 Å². The SMILES string of the molecule is CO/N=C(\C(=O)N[C@@H]1C(=O)N2C(C(=O)OCOC(=O)OC)=C(COC(N)=O)CS[C@H]12)c1ccco1. The van der Waals surface area contributed by atoms with Gasteiger partial charge in [-0.05, 0) is 12.1 Å². The summed E-state index contributed by atoms with van der Waals surface area (Å²) in [4.78, 5) is 66.3. The molecule has 16 heteroatoms. The van der Waals surface area contributed by atoms with Crippen molar-refractivity contribution in [2.24, 2.45) is 10.9 Å². The summed E-state index contributed by atoms with van der Waals surface area (Å²) in [7, 11) is 2.31. The Labute approximate surface area is 201 Å². The number of amides is 3. The molecule has 2 atom stereocenters. The van der Waals surface area contributed by atoms with Crippen LogP contribution in [0.3, 0.4) is 0 Å². The van der Waals surface area contributed by atoms with Crippen LogP contribution >= 0.6 is 11.8 Å². The third kappa shape index (κ3) is 5.65. The Morgan fingerprint density at radius 3 is 2.66 bits per heavy atom. The van der Waals surface area contributed by atoms with Gasteiger partial charge in [0.05, 0.1) is 13.4 Å². The summed E-state index contributed by atoms with van der Waals surface area (Å²) in [6.07, 6.45) is -0.841. The number of methoxy groups -OCH3 is 1. The summed E-state index contributed by atoms with van der Waals surface area (Å²) in [6, 6.07) is 2.00. The fraction of sp³-hybridized carbons (Fsp3) is 0.368. The molecule has 2 aliphatic rings. The Hall–Kier alpha value is -4.21. The number of primary amides is 1. The molecule has 0 aromatic carbocycles. The van der Waals surface area contributed by atoms with Gasteiger partial charge in [-0.1, -0.05) is 5.16 Å². The minimum atomic E-state index is -1.09. The van der Waals surface area contributed by atoms with E-state index >= 15 is 0 Å². The van der Waals surface area contributed by atoms with Crippen LogP contribution in [0.4, 0.5) is 9.59 Å². The lowest BCUT2D eigenvalue weighted by molar-refractivity contribution is -0.157. The van der Waals surface area contributed by atoms with Gasteiger partial charge < -0.3 is 39.3 Å². The number of hydrogen-bond acceptors (Lipinski definition) is 13. The number of β-lactam (4-membered cyclic amide) rings is 1. The lowest BCUT2D eigenvalue weighted by atomic mass is 10.0. The fourth-order valence-corrected chi connectivity index (χ4v) is 4.44. The number of fused-ring (bicyclic) bond motifs is 1. The summed E-state index contributed by atoms with van der Waals surface area (Å²) >= 11 is 1.20. The maximum Gasteiger partial charge on any atom is 0.510 e. The highest BCUT2D eigenvalue weighted by atomic mass is 32.2. The highest BCUT2D eigenvalue weighted by molar-refractivity contribution is 8.00. The number of ether oxygens (including phenoxy) is 4. The third-order valence-electron chi connectivity index (χ3n) is 4.60. The van der Waals surface area contributed by atoms with Gasteiger partial charge in [0.15, 0.2) is 5.76 Å². The van der Waals surface area contributed by atoms with Gasteiger partial charge in [0.25, 0.3) is 11.8 Å². The van der Waals surface area contributed by atoms with Crippen LogP contribution in [0.5, 0.6) is 0 Å². The minimum absolute atomic E-state index is 0.116. The highest BCUT2D eigenvalue weighted by Crippen LogP contribution is 2.40. The number of thioether (sulfide) groups is 1. The quantitative estimate of drug-likeness (QED) is 0.109. The van der Waals surface area contributed by atoms with Crippen molar-refractivity contribution < 1.29 is 52.2 Å². The average Bonchev–Trinajstić information content (AvgIpc) is 3.37. The standard InChI is InChI=1S/C19H20N4O11S/c1-29-19(28)34-8-33-17(26)13-9(6-32-18(20)27)7-35-16-12(15(25)23(13)16)21-14(24)11(22-30-2)10-4-3-5-31-10/h3-5,12,16H,6-8H2,1-2H3,(H2,20,27)(H,21,24)/b22-11-/t12-,16-/m1/s1. The van der Waals surface area contributed by atoms with Crippen molar-refractivity contribution in [1.82, 2.24) is 10.2 Å². The summed E-state index contributed by atoms with van der Waals surface area (Å²) in [6.45, 7) is -1.18. The van der Waals surface area contributed by atoms with Crippen molar-refractivity contribution in [3.8, 4) is 0 Å². The number of nitrogens with one attached hydrogen (secondary N) is 1. The zero-order chi connectivity index (χ0) is 25.5. The Balaban J connectivity index is 1.77. The molecule has 3 amide bonds. The molecule has 1 aromatic rings. The van der Waals surface area contributed by atoms with E-state index in [1.165, 1.54) is 31.2 Å². The number of furan rings is 1. The van der Waals surface area contributed by atoms with Crippen molar-refractivity contribution >= 4 is 47.5 Å². The predicted octanol–water partition coefficient (Wildman–Crippen LogP) is -0.337. The Kier molecular flexibility index (Phi) is 8.19. The summed E-state index contributed by atoms with van der Waals surface area (Å²) in [5.74, 6) is -2.18. The van der Waals surface area contributed by atoms with Crippen molar-refractivity contribution in [3.05, 3.63) is 35.4 Å². The van der Waals surface area contributed by atoms with Crippen LogP contribution in [0.2, 0.25) is 0 Å². The first-order valence-corrected chi connectivity index (χ1v) is 10.8. The number of hydrogen-bond donors (Lipinski definition) is 2. The number of oxime groups is 1. The van der Waals surface area contributed by atoms with Gasteiger partial charge in [0.2, 0.25) is 12.5 Å². The van der Waals surface area contributed by atoms with Crippen LogP contribution < -0.4 is 11.1 Å². The lowest BCUT2D eigenvalue weighted by Gasteiger charge is -2.49. The van der Waals surface area contributed by atoms with Crippen molar-refractivity contribution in [1.29, 1.82) is 0 Å². The van der Waals surface area contributed by atoms with Crippen LogP contribution in [0.1, 0.15) is 5.76 Å². The third-order valence-corrected chi connectivity index (χ3v) is 5.94. The molecule has 1 saturated heterocycles. The molecule has 15 nitrogen and oxygen atoms in total. The number of carbonyl (C=O) groups is 5. The van der Waals surface area contributed by atoms with E-state index in [0.717, 1.165) is 12.0 Å². The molecular formula is C19H20N4O11S. The Morgan fingerprint density at radius 2 is 2.03 bits per heavy atom. The van der Waals surface area contributed by atoms with Crippen LogP contribution in [-0.4, -0.2) is 85.4 Å². The first-order chi connectivity index (χ1) is 16.8. The number of nitrogens with two attached hydrogens (primary N) is 1. The maximum absolute atomic E-state index is 12.9. The summed E-state index contributed by atoms with van der Waals surface area (Å²) in [5.41, 5.74) is 4.80. The van der Waals surface area contributed by atoms with E-state index in [1.54, 1.807) is 6.07 Å². The molecule has 1 aromatic heterocycles. The Bertz CT molecular complexity index is 1070. The van der Waals surface area contributed by atoms with Crippen LogP contribution in [0.15, 0.2) is 39.2 Å². The molecule has 0 aliphatic carbocycles.